The van der Waals surface area contributed by atoms with Crippen molar-refractivity contribution < 1.29 is 14.7 Å². The van der Waals surface area contributed by atoms with Gasteiger partial charge in [0.15, 0.2) is 0 Å². The Morgan fingerprint density at radius 2 is 1.16 bits per heavy atom. The molecule has 2 atom stereocenters. The number of carbonyl (C=O) groups excluding carboxylic acids is 1. The molecule has 4 aromatic rings. The fourth-order valence-electron chi connectivity index (χ4n) is 5.11. The minimum atomic E-state index is -0.873. The van der Waals surface area contributed by atoms with Crippen LogP contribution in [0.2, 0.25) is 0 Å². The van der Waals surface area contributed by atoms with E-state index in [1.54, 1.807) is 0 Å². The zero-order valence-corrected chi connectivity index (χ0v) is 17.4. The number of nitrogens with one attached hydrogen (secondary N) is 1. The molecule has 4 nitrogen and oxygen atoms in total. The van der Waals surface area contributed by atoms with Crippen LogP contribution in [0.1, 0.15) is 23.0 Å². The molecule has 0 heterocycles. The molecule has 0 bridgehead atoms. The largest absolute Gasteiger partial charge is 0.481 e. The zero-order valence-electron chi connectivity index (χ0n) is 17.4. The van der Waals surface area contributed by atoms with Crippen molar-refractivity contribution in [2.75, 3.05) is 5.32 Å². The summed E-state index contributed by atoms with van der Waals surface area (Å²) in [5.74, 6) is -2.96. The fraction of sp³-hybridized carbons (Fsp3) is 0.143. The number of amides is 1. The molecule has 32 heavy (non-hydrogen) atoms. The van der Waals surface area contributed by atoms with E-state index in [0.717, 1.165) is 27.6 Å². The Morgan fingerprint density at radius 3 is 1.75 bits per heavy atom. The smallest absolute Gasteiger partial charge is 0.307 e. The van der Waals surface area contributed by atoms with Crippen LogP contribution in [0.3, 0.4) is 0 Å². The van der Waals surface area contributed by atoms with E-state index in [1.165, 1.54) is 0 Å². The number of carbonyl (C=O) groups is 2. The van der Waals surface area contributed by atoms with Crippen LogP contribution in [0.5, 0.6) is 0 Å². The Morgan fingerprint density at radius 1 is 0.625 bits per heavy atom. The molecule has 0 aromatic heterocycles. The molecule has 1 amide bonds. The first-order chi connectivity index (χ1) is 15.6. The number of aliphatic carboxylic acids is 1. The van der Waals surface area contributed by atoms with Crippen LogP contribution in [-0.2, 0) is 9.59 Å². The Balaban J connectivity index is 1.55. The van der Waals surface area contributed by atoms with Gasteiger partial charge in [0.1, 0.15) is 0 Å². The van der Waals surface area contributed by atoms with Gasteiger partial charge in [-0.15, -0.1) is 0 Å². The molecule has 2 N–H and O–H groups in total. The summed E-state index contributed by atoms with van der Waals surface area (Å²) in [6, 6.07) is 32.8. The highest BCUT2D eigenvalue weighted by atomic mass is 16.4. The van der Waals surface area contributed by atoms with E-state index in [1.807, 2.05) is 103 Å². The van der Waals surface area contributed by atoms with E-state index >= 15 is 0 Å². The van der Waals surface area contributed by atoms with Gasteiger partial charge >= 0.3 is 5.97 Å². The van der Waals surface area contributed by atoms with Crippen molar-refractivity contribution in [2.24, 2.45) is 11.8 Å². The van der Waals surface area contributed by atoms with Crippen LogP contribution in [0.4, 0.5) is 5.69 Å². The van der Waals surface area contributed by atoms with Crippen molar-refractivity contribution in [1.82, 2.24) is 0 Å². The average molecular weight is 421 g/mol. The van der Waals surface area contributed by atoms with Gasteiger partial charge in [0, 0.05) is 22.9 Å². The lowest BCUT2D eigenvalue weighted by molar-refractivity contribution is -0.152. The van der Waals surface area contributed by atoms with E-state index in [4.69, 9.17) is 0 Å². The summed E-state index contributed by atoms with van der Waals surface area (Å²) in [6.45, 7) is 0. The number of hydrogen-bond donors (Lipinski definition) is 2. The van der Waals surface area contributed by atoms with Crippen LogP contribution in [0.25, 0.3) is 10.8 Å². The lowest BCUT2D eigenvalue weighted by Crippen LogP contribution is -2.52. The molecular weight excluding hydrogens is 398 g/mol. The van der Waals surface area contributed by atoms with Gasteiger partial charge in [-0.3, -0.25) is 9.59 Å². The number of fused-ring (bicyclic) bond motifs is 1. The number of rotatable bonds is 5. The second-order valence-corrected chi connectivity index (χ2v) is 8.28. The third kappa shape index (κ3) is 3.44. The van der Waals surface area contributed by atoms with E-state index in [0.29, 0.717) is 0 Å². The average Bonchev–Trinajstić information content (AvgIpc) is 2.80. The van der Waals surface area contributed by atoms with Crippen molar-refractivity contribution in [3.63, 3.8) is 0 Å². The summed E-state index contributed by atoms with van der Waals surface area (Å²) in [7, 11) is 0. The van der Waals surface area contributed by atoms with Crippen LogP contribution in [0.15, 0.2) is 103 Å². The maximum absolute atomic E-state index is 13.7. The first kappa shape index (κ1) is 20.0. The van der Waals surface area contributed by atoms with Gasteiger partial charge in [-0.2, -0.15) is 0 Å². The summed E-state index contributed by atoms with van der Waals surface area (Å²) in [4.78, 5) is 26.0. The van der Waals surface area contributed by atoms with Gasteiger partial charge in [-0.25, -0.2) is 0 Å². The number of carboxylic acid groups (broad SMARTS) is 1. The summed E-state index contributed by atoms with van der Waals surface area (Å²) >= 11 is 0. The quantitative estimate of drug-likeness (QED) is 0.436. The zero-order chi connectivity index (χ0) is 22.1. The van der Waals surface area contributed by atoms with Crippen molar-refractivity contribution >= 4 is 28.3 Å². The minimum Gasteiger partial charge on any atom is -0.481 e. The van der Waals surface area contributed by atoms with E-state index in [-0.39, 0.29) is 5.91 Å². The summed E-state index contributed by atoms with van der Waals surface area (Å²) < 4.78 is 0. The van der Waals surface area contributed by atoms with Gasteiger partial charge in [-0.1, -0.05) is 97.1 Å². The Kier molecular flexibility index (Phi) is 5.20. The molecule has 158 valence electrons. The summed E-state index contributed by atoms with van der Waals surface area (Å²) in [6.07, 6.45) is 0. The standard InChI is InChI=1S/C28H23NO3/c30-27(29-22-17-9-15-18-10-7-8-16-21(18)22)25-23(19-11-3-1-4-12-19)26(28(31)32)24(25)20-13-5-2-6-14-20/h1-17,23-26H,(H,29,30)(H,31,32)/t23-,24-,25?,26?/m1/s1. The molecule has 0 radical (unpaired) electrons. The van der Waals surface area contributed by atoms with Crippen molar-refractivity contribution in [2.45, 2.75) is 11.8 Å². The van der Waals surface area contributed by atoms with Crippen molar-refractivity contribution in [1.29, 1.82) is 0 Å². The van der Waals surface area contributed by atoms with E-state index in [9.17, 15) is 14.7 Å². The maximum atomic E-state index is 13.7. The molecule has 5 rings (SSSR count). The van der Waals surface area contributed by atoms with Gasteiger partial charge in [0.2, 0.25) is 5.91 Å². The van der Waals surface area contributed by atoms with Gasteiger partial charge in [-0.05, 0) is 22.6 Å². The van der Waals surface area contributed by atoms with Crippen molar-refractivity contribution in [3.05, 3.63) is 114 Å². The van der Waals surface area contributed by atoms with Gasteiger partial charge in [0.25, 0.3) is 0 Å². The summed E-state index contributed by atoms with van der Waals surface area (Å²) in [5.41, 5.74) is 2.50. The number of hydrogen-bond acceptors (Lipinski definition) is 2. The summed E-state index contributed by atoms with van der Waals surface area (Å²) in [5, 5.41) is 15.2. The number of anilines is 1. The highest BCUT2D eigenvalue weighted by molar-refractivity contribution is 6.04. The molecule has 4 heteroatoms. The Bertz CT molecular complexity index is 1220. The predicted octanol–water partition coefficient (Wildman–Crippen LogP) is 5.68. The molecule has 0 aliphatic heterocycles. The lowest BCUT2D eigenvalue weighted by Gasteiger charge is -2.49. The number of benzene rings is 4. The third-order valence-corrected chi connectivity index (χ3v) is 6.55. The first-order valence-electron chi connectivity index (χ1n) is 10.8. The maximum Gasteiger partial charge on any atom is 0.307 e. The molecule has 0 saturated heterocycles. The first-order valence-corrected chi connectivity index (χ1v) is 10.8. The lowest BCUT2D eigenvalue weighted by atomic mass is 9.52. The molecule has 0 unspecified atom stereocenters. The highest BCUT2D eigenvalue weighted by Crippen LogP contribution is 2.58. The van der Waals surface area contributed by atoms with Crippen LogP contribution < -0.4 is 5.32 Å². The topological polar surface area (TPSA) is 66.4 Å². The molecule has 1 saturated carbocycles. The second kappa shape index (κ2) is 8.31. The normalized spacial score (nSPS) is 22.1. The third-order valence-electron chi connectivity index (χ3n) is 6.55. The number of carboxylic acids is 1. The molecule has 1 aliphatic carbocycles. The highest BCUT2D eigenvalue weighted by Gasteiger charge is 2.58. The van der Waals surface area contributed by atoms with Crippen molar-refractivity contribution in [3.8, 4) is 0 Å². The van der Waals surface area contributed by atoms with Crippen LogP contribution in [0, 0.1) is 11.8 Å². The Labute approximate surface area is 186 Å². The SMILES string of the molecule is O=C(O)C1[C@H](c2ccccc2)C(C(=O)Nc2cccc3ccccc23)[C@H]1c1ccccc1. The van der Waals surface area contributed by atoms with Gasteiger partial charge < -0.3 is 10.4 Å². The Hall–Kier alpha value is -3.92. The molecule has 1 fully saturated rings. The molecule has 4 aromatic carbocycles. The monoisotopic (exact) mass is 421 g/mol. The second-order valence-electron chi connectivity index (χ2n) is 8.28. The fourth-order valence-corrected chi connectivity index (χ4v) is 5.11. The van der Waals surface area contributed by atoms with Crippen LogP contribution >= 0.6 is 0 Å². The molecule has 0 spiro atoms. The molecular formula is C28H23NO3. The minimum absolute atomic E-state index is 0.151. The van der Waals surface area contributed by atoms with Crippen LogP contribution in [-0.4, -0.2) is 17.0 Å². The van der Waals surface area contributed by atoms with E-state index in [2.05, 4.69) is 5.32 Å². The predicted molar refractivity (Wildman–Crippen MR) is 126 cm³/mol. The van der Waals surface area contributed by atoms with E-state index < -0.39 is 29.6 Å². The van der Waals surface area contributed by atoms with Gasteiger partial charge in [0.05, 0.1) is 11.8 Å². The molecule has 1 aliphatic rings.